The number of hydrogen-bond acceptors (Lipinski definition) is 8. The molecule has 0 radical (unpaired) electrons. The normalized spacial score (nSPS) is 12.8. The molecule has 0 amide bonds. The van der Waals surface area contributed by atoms with Crippen molar-refractivity contribution in [1.82, 2.24) is 0 Å². The summed E-state index contributed by atoms with van der Waals surface area (Å²) in [5.41, 5.74) is 9.42. The molecule has 0 atom stereocenters. The van der Waals surface area contributed by atoms with Gasteiger partial charge in [-0.25, -0.2) is 0 Å². The van der Waals surface area contributed by atoms with Crippen LogP contribution in [0.25, 0.3) is 22.3 Å². The summed E-state index contributed by atoms with van der Waals surface area (Å²) >= 11 is 0. The third kappa shape index (κ3) is 4.45. The first-order valence-electron chi connectivity index (χ1n) is 13.9. The lowest BCUT2D eigenvalue weighted by Crippen LogP contribution is -2.00. The Morgan fingerprint density at radius 1 is 0.295 bits per heavy atom. The van der Waals surface area contributed by atoms with E-state index in [9.17, 15) is 0 Å². The van der Waals surface area contributed by atoms with E-state index in [1.807, 2.05) is 60.7 Å². The SMILES string of the molecule is COc1cc(OC)cc(C2=C3C(=C(c4cc(OC)cc(OC)c4)c4c(OC)cc(OC)cc43)c3cc(OC)cc(OC)c32)c1. The lowest BCUT2D eigenvalue weighted by molar-refractivity contribution is 0.392. The molecule has 0 aliphatic heterocycles. The lowest BCUT2D eigenvalue weighted by atomic mass is 9.90. The highest BCUT2D eigenvalue weighted by atomic mass is 16.5. The fourth-order valence-electron chi connectivity index (χ4n) is 6.17. The van der Waals surface area contributed by atoms with Crippen molar-refractivity contribution in [3.63, 3.8) is 0 Å². The van der Waals surface area contributed by atoms with Crippen LogP contribution in [-0.2, 0) is 0 Å². The van der Waals surface area contributed by atoms with Crippen LogP contribution >= 0.6 is 0 Å². The molecule has 6 rings (SSSR count). The van der Waals surface area contributed by atoms with Crippen LogP contribution in [0, 0.1) is 0 Å². The number of benzene rings is 4. The Kier molecular flexibility index (Phi) is 7.51. The molecular formula is C36H34O8. The van der Waals surface area contributed by atoms with Crippen molar-refractivity contribution in [2.24, 2.45) is 0 Å². The number of fused-ring (bicyclic) bond motifs is 5. The molecule has 8 nitrogen and oxygen atoms in total. The Morgan fingerprint density at radius 3 is 0.864 bits per heavy atom. The summed E-state index contributed by atoms with van der Waals surface area (Å²) in [6, 6.07) is 19.6. The number of ether oxygens (including phenoxy) is 8. The fraction of sp³-hybridized carbons (Fsp3) is 0.222. The van der Waals surface area contributed by atoms with Gasteiger partial charge in [0, 0.05) is 46.5 Å². The van der Waals surface area contributed by atoms with Gasteiger partial charge in [0.05, 0.1) is 56.9 Å². The van der Waals surface area contributed by atoms with Crippen molar-refractivity contribution in [1.29, 1.82) is 0 Å². The molecule has 8 heteroatoms. The second-order valence-corrected chi connectivity index (χ2v) is 10.2. The Balaban J connectivity index is 1.85. The van der Waals surface area contributed by atoms with E-state index >= 15 is 0 Å². The van der Waals surface area contributed by atoms with E-state index in [0.717, 1.165) is 55.7 Å². The Morgan fingerprint density at radius 2 is 0.591 bits per heavy atom. The van der Waals surface area contributed by atoms with Gasteiger partial charge in [-0.2, -0.15) is 0 Å². The molecule has 0 spiro atoms. The second-order valence-electron chi connectivity index (χ2n) is 10.2. The molecule has 0 heterocycles. The van der Waals surface area contributed by atoms with Gasteiger partial charge < -0.3 is 37.9 Å². The number of hydrogen-bond donors (Lipinski definition) is 0. The van der Waals surface area contributed by atoms with Crippen molar-refractivity contribution in [2.45, 2.75) is 0 Å². The zero-order valence-electron chi connectivity index (χ0n) is 26.0. The predicted molar refractivity (Wildman–Crippen MR) is 170 cm³/mol. The van der Waals surface area contributed by atoms with E-state index in [1.54, 1.807) is 56.9 Å². The molecule has 226 valence electrons. The number of allylic oxidation sites excluding steroid dienone is 2. The summed E-state index contributed by atoms with van der Waals surface area (Å²) in [6.45, 7) is 0. The van der Waals surface area contributed by atoms with Gasteiger partial charge >= 0.3 is 0 Å². The van der Waals surface area contributed by atoms with Crippen LogP contribution in [0.2, 0.25) is 0 Å². The summed E-state index contributed by atoms with van der Waals surface area (Å²) in [7, 11) is 13.2. The predicted octanol–water partition coefficient (Wildman–Crippen LogP) is 7.00. The van der Waals surface area contributed by atoms with Crippen LogP contribution in [0.5, 0.6) is 46.0 Å². The van der Waals surface area contributed by atoms with Crippen LogP contribution in [0.1, 0.15) is 33.4 Å². The summed E-state index contributed by atoms with van der Waals surface area (Å²) in [5.74, 6) is 5.33. The van der Waals surface area contributed by atoms with Gasteiger partial charge in [0.25, 0.3) is 0 Å². The topological polar surface area (TPSA) is 73.8 Å². The monoisotopic (exact) mass is 594 g/mol. The minimum Gasteiger partial charge on any atom is -0.497 e. The zero-order chi connectivity index (χ0) is 31.1. The average molecular weight is 595 g/mol. The van der Waals surface area contributed by atoms with Crippen molar-refractivity contribution in [2.75, 3.05) is 56.9 Å². The van der Waals surface area contributed by atoms with Crippen molar-refractivity contribution in [3.05, 3.63) is 94.0 Å². The first kappa shape index (κ1) is 28.9. The maximum atomic E-state index is 6.03. The highest BCUT2D eigenvalue weighted by Crippen LogP contribution is 2.63. The second kappa shape index (κ2) is 11.4. The molecule has 0 saturated heterocycles. The minimum absolute atomic E-state index is 0.665. The first-order chi connectivity index (χ1) is 21.4. The van der Waals surface area contributed by atoms with Gasteiger partial charge in [-0.3, -0.25) is 0 Å². The highest BCUT2D eigenvalue weighted by molar-refractivity contribution is 6.36. The Labute approximate surface area is 256 Å². The molecule has 4 aromatic rings. The largest absolute Gasteiger partial charge is 0.497 e. The van der Waals surface area contributed by atoms with Crippen LogP contribution in [0.15, 0.2) is 60.7 Å². The molecule has 2 aliphatic carbocycles. The van der Waals surface area contributed by atoms with Crippen molar-refractivity contribution < 1.29 is 37.9 Å². The molecule has 0 aromatic heterocycles. The third-order valence-electron chi connectivity index (χ3n) is 8.13. The van der Waals surface area contributed by atoms with Crippen LogP contribution in [-0.4, -0.2) is 56.9 Å². The quantitative estimate of drug-likeness (QED) is 0.194. The molecule has 0 fully saturated rings. The van der Waals surface area contributed by atoms with Gasteiger partial charge in [-0.05, 0) is 69.8 Å². The summed E-state index contributed by atoms with van der Waals surface area (Å²) in [5, 5.41) is 0. The van der Waals surface area contributed by atoms with Crippen LogP contribution in [0.4, 0.5) is 0 Å². The molecule has 0 unspecified atom stereocenters. The Hall–Kier alpha value is -5.24. The van der Waals surface area contributed by atoms with Gasteiger partial charge in [0.1, 0.15) is 46.0 Å². The van der Waals surface area contributed by atoms with E-state index in [0.29, 0.717) is 46.0 Å². The molecule has 0 N–H and O–H groups in total. The van der Waals surface area contributed by atoms with Gasteiger partial charge in [0.2, 0.25) is 0 Å². The fourth-order valence-corrected chi connectivity index (χ4v) is 6.17. The lowest BCUT2D eigenvalue weighted by Gasteiger charge is -2.19. The van der Waals surface area contributed by atoms with Gasteiger partial charge in [-0.15, -0.1) is 0 Å². The first-order valence-corrected chi connectivity index (χ1v) is 13.9. The van der Waals surface area contributed by atoms with E-state index < -0.39 is 0 Å². The van der Waals surface area contributed by atoms with Gasteiger partial charge in [0.15, 0.2) is 0 Å². The summed E-state index contributed by atoms with van der Waals surface area (Å²) < 4.78 is 46.4. The Bertz CT molecular complexity index is 1670. The molecule has 4 aromatic carbocycles. The van der Waals surface area contributed by atoms with E-state index in [-0.39, 0.29) is 0 Å². The number of methoxy groups -OCH3 is 8. The van der Waals surface area contributed by atoms with E-state index in [1.165, 1.54) is 0 Å². The van der Waals surface area contributed by atoms with Crippen LogP contribution < -0.4 is 37.9 Å². The minimum atomic E-state index is 0.665. The zero-order valence-corrected chi connectivity index (χ0v) is 26.0. The maximum absolute atomic E-state index is 6.03. The highest BCUT2D eigenvalue weighted by Gasteiger charge is 2.42. The molecule has 0 bridgehead atoms. The van der Waals surface area contributed by atoms with Crippen LogP contribution in [0.3, 0.4) is 0 Å². The molecule has 0 saturated carbocycles. The number of rotatable bonds is 10. The third-order valence-corrected chi connectivity index (χ3v) is 8.13. The molecule has 44 heavy (non-hydrogen) atoms. The smallest absolute Gasteiger partial charge is 0.131 e. The average Bonchev–Trinajstić information content (AvgIpc) is 3.59. The molecular weight excluding hydrogens is 560 g/mol. The van der Waals surface area contributed by atoms with E-state index in [2.05, 4.69) is 0 Å². The van der Waals surface area contributed by atoms with E-state index in [4.69, 9.17) is 37.9 Å². The maximum Gasteiger partial charge on any atom is 0.131 e. The summed E-state index contributed by atoms with van der Waals surface area (Å²) in [4.78, 5) is 0. The van der Waals surface area contributed by atoms with Gasteiger partial charge in [-0.1, -0.05) is 0 Å². The van der Waals surface area contributed by atoms with Crippen molar-refractivity contribution in [3.8, 4) is 46.0 Å². The molecule has 2 aliphatic rings. The standard InChI is InChI=1S/C36H34O8/c1-37-21-9-19(10-22(13-21)38-2)31-33-27(15-25(41-5)17-29(33)43-7)36-32(20-11-23(39-3)14-24(12-20)40-4)34-28(35(31)36)16-26(42-6)18-30(34)44-8/h9-18H,1-8H3. The summed E-state index contributed by atoms with van der Waals surface area (Å²) in [6.07, 6.45) is 0. The van der Waals surface area contributed by atoms with Crippen molar-refractivity contribution >= 4 is 22.3 Å².